The number of carbonyl (C=O) groups excluding carboxylic acids is 2. The molecular weight excluding hydrogens is 385 g/mol. The Kier molecular flexibility index (Phi) is 5.44. The largest absolute Gasteiger partial charge is 0.452 e. The smallest absolute Gasteiger partial charge is 0.338 e. The Balaban J connectivity index is 1.32. The van der Waals surface area contributed by atoms with Gasteiger partial charge in [-0.15, -0.1) is 0 Å². The molecule has 2 heterocycles. The summed E-state index contributed by atoms with van der Waals surface area (Å²) < 4.78 is 19.2. The minimum absolute atomic E-state index is 0.244. The number of para-hydroxylation sites is 1. The first kappa shape index (κ1) is 19.9. The van der Waals surface area contributed by atoms with Crippen molar-refractivity contribution < 1.29 is 18.7 Å². The van der Waals surface area contributed by atoms with Crippen LogP contribution in [0.2, 0.25) is 0 Å². The molecule has 1 aromatic heterocycles. The summed E-state index contributed by atoms with van der Waals surface area (Å²) in [6.45, 7) is 5.65. The average Bonchev–Trinajstić information content (AvgIpc) is 3.05. The lowest BCUT2D eigenvalue weighted by Crippen LogP contribution is -2.50. The van der Waals surface area contributed by atoms with E-state index in [2.05, 4.69) is 4.98 Å². The minimum Gasteiger partial charge on any atom is -0.452 e. The molecule has 156 valence electrons. The standard InChI is InChI=1S/C23H24FN3O3/c1-15-16(2)25-20-8-7-17(13-18(15)20)23(29)30-14-22(28)27-11-9-26(10-12-27)21-6-4-3-5-19(21)24/h3-8,13,25H,9-12,14H2,1-2H3. The third-order valence-electron chi connectivity index (χ3n) is 5.70. The van der Waals surface area contributed by atoms with E-state index in [1.165, 1.54) is 6.07 Å². The van der Waals surface area contributed by atoms with Crippen LogP contribution in [0.1, 0.15) is 21.6 Å². The zero-order chi connectivity index (χ0) is 21.3. The molecule has 3 aromatic rings. The highest BCUT2D eigenvalue weighted by Crippen LogP contribution is 2.23. The lowest BCUT2D eigenvalue weighted by atomic mass is 10.1. The number of hydrogen-bond acceptors (Lipinski definition) is 4. The van der Waals surface area contributed by atoms with Crippen LogP contribution >= 0.6 is 0 Å². The van der Waals surface area contributed by atoms with E-state index in [4.69, 9.17) is 4.74 Å². The molecule has 2 aromatic carbocycles. The maximum Gasteiger partial charge on any atom is 0.338 e. The zero-order valence-corrected chi connectivity index (χ0v) is 17.1. The van der Waals surface area contributed by atoms with E-state index >= 15 is 0 Å². The number of halogens is 1. The minimum atomic E-state index is -0.520. The number of aromatic nitrogens is 1. The van der Waals surface area contributed by atoms with E-state index in [1.54, 1.807) is 35.2 Å². The molecule has 0 unspecified atom stereocenters. The second kappa shape index (κ2) is 8.18. The molecule has 4 rings (SSSR count). The van der Waals surface area contributed by atoms with Crippen LogP contribution in [0.25, 0.3) is 10.9 Å². The first-order chi connectivity index (χ1) is 14.4. The van der Waals surface area contributed by atoms with Gasteiger partial charge in [-0.1, -0.05) is 12.1 Å². The fraction of sp³-hybridized carbons (Fsp3) is 0.304. The highest BCUT2D eigenvalue weighted by Gasteiger charge is 2.23. The van der Waals surface area contributed by atoms with E-state index in [1.807, 2.05) is 24.8 Å². The molecule has 0 saturated carbocycles. The summed E-state index contributed by atoms with van der Waals surface area (Å²) in [5.74, 6) is -1.03. The fourth-order valence-corrected chi connectivity index (χ4v) is 3.80. The van der Waals surface area contributed by atoms with Crippen LogP contribution < -0.4 is 4.90 Å². The number of nitrogens with zero attached hydrogens (tertiary/aromatic N) is 2. The summed E-state index contributed by atoms with van der Waals surface area (Å²) >= 11 is 0. The Morgan fingerprint density at radius 3 is 2.53 bits per heavy atom. The van der Waals surface area contributed by atoms with Crippen molar-refractivity contribution in [3.05, 3.63) is 65.1 Å². The number of hydrogen-bond donors (Lipinski definition) is 1. The van der Waals surface area contributed by atoms with Crippen molar-refractivity contribution in [2.24, 2.45) is 0 Å². The maximum atomic E-state index is 13.9. The van der Waals surface area contributed by atoms with Gasteiger partial charge >= 0.3 is 5.97 Å². The summed E-state index contributed by atoms with van der Waals surface area (Å²) in [5.41, 5.74) is 4.07. The topological polar surface area (TPSA) is 65.6 Å². The number of H-pyrrole nitrogens is 1. The zero-order valence-electron chi connectivity index (χ0n) is 17.1. The summed E-state index contributed by atoms with van der Waals surface area (Å²) in [4.78, 5) is 31.7. The Morgan fingerprint density at radius 1 is 1.07 bits per heavy atom. The van der Waals surface area contributed by atoms with Gasteiger partial charge in [0, 0.05) is 42.8 Å². The third kappa shape index (κ3) is 3.87. The van der Waals surface area contributed by atoms with Crippen LogP contribution in [-0.2, 0) is 9.53 Å². The van der Waals surface area contributed by atoms with E-state index in [0.717, 1.165) is 22.2 Å². The summed E-state index contributed by atoms with van der Waals surface area (Å²) in [6, 6.07) is 11.9. The molecule has 30 heavy (non-hydrogen) atoms. The van der Waals surface area contributed by atoms with E-state index in [0.29, 0.717) is 37.4 Å². The predicted molar refractivity (Wildman–Crippen MR) is 113 cm³/mol. The number of amides is 1. The van der Waals surface area contributed by atoms with Gasteiger partial charge in [-0.2, -0.15) is 0 Å². The quantitative estimate of drug-likeness (QED) is 0.671. The number of rotatable bonds is 4. The number of carbonyl (C=O) groups is 2. The molecule has 1 aliphatic rings. The predicted octanol–water partition coefficient (Wildman–Crippen LogP) is 3.43. The van der Waals surface area contributed by atoms with Crippen molar-refractivity contribution >= 4 is 28.5 Å². The number of aromatic amines is 1. The van der Waals surface area contributed by atoms with Crippen molar-refractivity contribution in [1.82, 2.24) is 9.88 Å². The SMILES string of the molecule is Cc1[nH]c2ccc(C(=O)OCC(=O)N3CCN(c4ccccc4F)CC3)cc2c1C. The van der Waals surface area contributed by atoms with Crippen LogP contribution in [0.15, 0.2) is 42.5 Å². The highest BCUT2D eigenvalue weighted by molar-refractivity contribution is 5.96. The molecule has 1 amide bonds. The number of piperazine rings is 1. The molecule has 1 saturated heterocycles. The molecule has 0 atom stereocenters. The molecule has 1 aliphatic heterocycles. The second-order valence-electron chi connectivity index (χ2n) is 7.53. The van der Waals surface area contributed by atoms with Crippen LogP contribution in [0.4, 0.5) is 10.1 Å². The van der Waals surface area contributed by atoms with Gasteiger partial charge < -0.3 is 19.5 Å². The molecule has 1 N–H and O–H groups in total. The lowest BCUT2D eigenvalue weighted by Gasteiger charge is -2.36. The number of esters is 1. The molecule has 6 nitrogen and oxygen atoms in total. The number of fused-ring (bicyclic) bond motifs is 1. The Morgan fingerprint density at radius 2 is 1.80 bits per heavy atom. The van der Waals surface area contributed by atoms with E-state index in [9.17, 15) is 14.0 Å². The molecular formula is C23H24FN3O3. The molecule has 7 heteroatoms. The maximum absolute atomic E-state index is 13.9. The normalized spacial score (nSPS) is 14.2. The first-order valence-corrected chi connectivity index (χ1v) is 9.97. The molecule has 1 fully saturated rings. The summed E-state index contributed by atoms with van der Waals surface area (Å²) in [6.07, 6.45) is 0. The van der Waals surface area contributed by atoms with Crippen molar-refractivity contribution in [2.75, 3.05) is 37.7 Å². The van der Waals surface area contributed by atoms with Gasteiger partial charge in [0.15, 0.2) is 6.61 Å². The molecule has 0 spiro atoms. The van der Waals surface area contributed by atoms with Gasteiger partial charge in [0.2, 0.25) is 0 Å². The van der Waals surface area contributed by atoms with Crippen LogP contribution in [-0.4, -0.2) is 54.5 Å². The van der Waals surface area contributed by atoms with Crippen molar-refractivity contribution in [3.8, 4) is 0 Å². The van der Waals surface area contributed by atoms with Crippen molar-refractivity contribution in [3.63, 3.8) is 0 Å². The number of benzene rings is 2. The van der Waals surface area contributed by atoms with Crippen LogP contribution in [0, 0.1) is 19.7 Å². The van der Waals surface area contributed by atoms with Gasteiger partial charge in [0.05, 0.1) is 11.3 Å². The number of aryl methyl sites for hydroxylation is 2. The molecule has 0 bridgehead atoms. The number of nitrogens with one attached hydrogen (secondary N) is 1. The second-order valence-corrected chi connectivity index (χ2v) is 7.53. The molecule has 0 radical (unpaired) electrons. The van der Waals surface area contributed by atoms with Gasteiger partial charge in [-0.3, -0.25) is 4.79 Å². The van der Waals surface area contributed by atoms with Gasteiger partial charge in [0.25, 0.3) is 5.91 Å². The van der Waals surface area contributed by atoms with Crippen molar-refractivity contribution in [1.29, 1.82) is 0 Å². The number of ether oxygens (including phenoxy) is 1. The molecule has 0 aliphatic carbocycles. The average molecular weight is 409 g/mol. The van der Waals surface area contributed by atoms with Gasteiger partial charge in [-0.25, -0.2) is 9.18 Å². The first-order valence-electron chi connectivity index (χ1n) is 9.97. The lowest BCUT2D eigenvalue weighted by molar-refractivity contribution is -0.134. The fourth-order valence-electron chi connectivity index (χ4n) is 3.80. The Hall–Kier alpha value is -3.35. The van der Waals surface area contributed by atoms with Crippen LogP contribution in [0.3, 0.4) is 0 Å². The van der Waals surface area contributed by atoms with E-state index < -0.39 is 5.97 Å². The van der Waals surface area contributed by atoms with E-state index in [-0.39, 0.29) is 18.3 Å². The Bertz CT molecular complexity index is 1100. The Labute approximate surface area is 174 Å². The van der Waals surface area contributed by atoms with Crippen LogP contribution in [0.5, 0.6) is 0 Å². The summed E-state index contributed by atoms with van der Waals surface area (Å²) in [7, 11) is 0. The monoisotopic (exact) mass is 409 g/mol. The van der Waals surface area contributed by atoms with Gasteiger partial charge in [-0.05, 0) is 49.7 Å². The highest BCUT2D eigenvalue weighted by atomic mass is 19.1. The third-order valence-corrected chi connectivity index (χ3v) is 5.70. The van der Waals surface area contributed by atoms with Crippen molar-refractivity contribution in [2.45, 2.75) is 13.8 Å². The van der Waals surface area contributed by atoms with Gasteiger partial charge in [0.1, 0.15) is 5.82 Å². The summed E-state index contributed by atoms with van der Waals surface area (Å²) in [5, 5.41) is 0.970. The number of anilines is 1.